The molecule has 98 valence electrons. The van der Waals surface area contributed by atoms with Crippen LogP contribution in [0.1, 0.15) is 27.7 Å². The van der Waals surface area contributed by atoms with Crippen LogP contribution in [-0.4, -0.2) is 41.3 Å². The molecule has 1 atom stereocenters. The van der Waals surface area contributed by atoms with E-state index in [-0.39, 0.29) is 12.5 Å². The van der Waals surface area contributed by atoms with Crippen LogP contribution >= 0.6 is 0 Å². The maximum atomic E-state index is 11.3. The maximum absolute atomic E-state index is 11.3. The van der Waals surface area contributed by atoms with Crippen LogP contribution in [0.5, 0.6) is 0 Å². The first-order valence-electron chi connectivity index (χ1n) is 5.08. The van der Waals surface area contributed by atoms with Gasteiger partial charge in [0.1, 0.15) is 11.6 Å². The normalized spacial score (nSPS) is 12.5. The fourth-order valence-electron chi connectivity index (χ4n) is 0.896. The van der Waals surface area contributed by atoms with Crippen molar-refractivity contribution < 1.29 is 24.2 Å². The molecule has 17 heavy (non-hydrogen) atoms. The van der Waals surface area contributed by atoms with Gasteiger partial charge in [-0.2, -0.15) is 0 Å². The Hall–Kier alpha value is -1.79. The third-order valence-corrected chi connectivity index (χ3v) is 1.54. The number of amides is 2. The van der Waals surface area contributed by atoms with Gasteiger partial charge in [-0.05, 0) is 20.8 Å². The lowest BCUT2D eigenvalue weighted by molar-refractivity contribution is -0.139. The summed E-state index contributed by atoms with van der Waals surface area (Å²) < 4.78 is 4.90. The van der Waals surface area contributed by atoms with Crippen LogP contribution in [0, 0.1) is 0 Å². The van der Waals surface area contributed by atoms with Crippen LogP contribution in [0.2, 0.25) is 0 Å². The second-order valence-electron chi connectivity index (χ2n) is 4.47. The van der Waals surface area contributed by atoms with E-state index in [4.69, 9.17) is 9.84 Å². The van der Waals surface area contributed by atoms with E-state index >= 15 is 0 Å². The Bertz CT molecular complexity index is 308. The van der Waals surface area contributed by atoms with Gasteiger partial charge in [0.2, 0.25) is 5.91 Å². The van der Waals surface area contributed by atoms with Crippen LogP contribution in [-0.2, 0) is 14.3 Å². The van der Waals surface area contributed by atoms with Crippen molar-refractivity contribution in [2.45, 2.75) is 39.3 Å². The number of aliphatic carboxylic acids is 1. The first-order chi connectivity index (χ1) is 7.61. The minimum atomic E-state index is -1.25. The molecule has 0 unspecified atom stereocenters. The Morgan fingerprint density at radius 2 is 1.82 bits per heavy atom. The molecule has 0 heterocycles. The highest BCUT2D eigenvalue weighted by Gasteiger charge is 2.23. The monoisotopic (exact) mass is 246 g/mol. The lowest BCUT2D eigenvalue weighted by Crippen LogP contribution is -2.49. The fourth-order valence-corrected chi connectivity index (χ4v) is 0.896. The summed E-state index contributed by atoms with van der Waals surface area (Å²) in [5, 5.41) is 13.3. The van der Waals surface area contributed by atoms with E-state index < -0.39 is 23.7 Å². The van der Waals surface area contributed by atoms with Crippen LogP contribution in [0.3, 0.4) is 0 Å². The van der Waals surface area contributed by atoms with E-state index in [0.717, 1.165) is 0 Å². The van der Waals surface area contributed by atoms with Gasteiger partial charge < -0.3 is 20.5 Å². The molecule has 7 nitrogen and oxygen atoms in total. The van der Waals surface area contributed by atoms with Crippen molar-refractivity contribution in [1.29, 1.82) is 0 Å². The smallest absolute Gasteiger partial charge is 0.408 e. The third kappa shape index (κ3) is 8.06. The van der Waals surface area contributed by atoms with Gasteiger partial charge in [-0.15, -0.1) is 0 Å². The number of alkyl carbamates (subject to hydrolysis) is 1. The van der Waals surface area contributed by atoms with Gasteiger partial charge in [0, 0.05) is 13.5 Å². The molecule has 0 bridgehead atoms. The summed E-state index contributed by atoms with van der Waals surface area (Å²) in [4.78, 5) is 32.7. The molecular weight excluding hydrogens is 228 g/mol. The number of hydrogen-bond donors (Lipinski definition) is 3. The van der Waals surface area contributed by atoms with Crippen LogP contribution < -0.4 is 10.6 Å². The van der Waals surface area contributed by atoms with E-state index in [0.29, 0.717) is 0 Å². The molecule has 2 amide bonds. The first-order valence-corrected chi connectivity index (χ1v) is 5.08. The number of carbonyl (C=O) groups is 3. The van der Waals surface area contributed by atoms with Gasteiger partial charge in [0.25, 0.3) is 0 Å². The first kappa shape index (κ1) is 15.2. The van der Waals surface area contributed by atoms with Crippen LogP contribution in [0.25, 0.3) is 0 Å². The minimum Gasteiger partial charge on any atom is -0.480 e. The van der Waals surface area contributed by atoms with Gasteiger partial charge in [-0.3, -0.25) is 4.79 Å². The van der Waals surface area contributed by atoms with Crippen molar-refractivity contribution in [3.63, 3.8) is 0 Å². The lowest BCUT2D eigenvalue weighted by Gasteiger charge is -2.22. The quantitative estimate of drug-likeness (QED) is 0.652. The lowest BCUT2D eigenvalue weighted by atomic mass is 10.2. The molecule has 0 aromatic heterocycles. The summed E-state index contributed by atoms with van der Waals surface area (Å²) in [6.45, 7) is 6.05. The molecule has 0 saturated carbocycles. The van der Waals surface area contributed by atoms with Crippen molar-refractivity contribution in [1.82, 2.24) is 10.6 Å². The molecule has 3 N–H and O–H groups in total. The topological polar surface area (TPSA) is 105 Å². The Morgan fingerprint density at radius 1 is 1.29 bits per heavy atom. The van der Waals surface area contributed by atoms with Crippen molar-refractivity contribution in [2.75, 3.05) is 6.54 Å². The molecular formula is C10H18N2O5. The molecule has 0 aliphatic heterocycles. The molecule has 0 saturated heterocycles. The Balaban J connectivity index is 4.30. The van der Waals surface area contributed by atoms with Gasteiger partial charge in [0.05, 0.1) is 0 Å². The average molecular weight is 246 g/mol. The number of carboxylic acid groups (broad SMARTS) is 1. The summed E-state index contributed by atoms with van der Waals surface area (Å²) in [7, 11) is 0. The Labute approximate surface area is 99.5 Å². The second kappa shape index (κ2) is 6.07. The number of nitrogens with one attached hydrogen (secondary N) is 2. The standard InChI is InChI=1S/C10H18N2O5/c1-6(13)11-5-7(8(14)15)12-9(16)17-10(2,3)4/h7H,5H2,1-4H3,(H,11,13)(H,12,16)(H,14,15)/t7-/m1/s1. The van der Waals surface area contributed by atoms with Crippen molar-refractivity contribution >= 4 is 18.0 Å². The molecule has 0 aromatic carbocycles. The summed E-state index contributed by atoms with van der Waals surface area (Å²) >= 11 is 0. The molecule has 0 spiro atoms. The maximum Gasteiger partial charge on any atom is 0.408 e. The number of rotatable bonds is 4. The highest BCUT2D eigenvalue weighted by atomic mass is 16.6. The average Bonchev–Trinajstić information content (AvgIpc) is 2.08. The summed E-state index contributed by atoms with van der Waals surface area (Å²) in [6.07, 6.45) is -0.838. The second-order valence-corrected chi connectivity index (χ2v) is 4.47. The highest BCUT2D eigenvalue weighted by molar-refractivity contribution is 5.81. The Morgan fingerprint density at radius 3 is 2.18 bits per heavy atom. The van der Waals surface area contributed by atoms with Gasteiger partial charge in [-0.25, -0.2) is 9.59 Å². The molecule has 0 aliphatic carbocycles. The molecule has 7 heteroatoms. The highest BCUT2D eigenvalue weighted by Crippen LogP contribution is 2.06. The van der Waals surface area contributed by atoms with Crippen LogP contribution in [0.15, 0.2) is 0 Å². The van der Waals surface area contributed by atoms with Gasteiger partial charge >= 0.3 is 12.1 Å². The van der Waals surface area contributed by atoms with Crippen LogP contribution in [0.4, 0.5) is 4.79 Å². The third-order valence-electron chi connectivity index (χ3n) is 1.54. The predicted molar refractivity (Wildman–Crippen MR) is 59.5 cm³/mol. The summed E-state index contributed by atoms with van der Waals surface area (Å²) in [5.41, 5.74) is -0.707. The summed E-state index contributed by atoms with van der Waals surface area (Å²) in [6, 6.07) is -1.21. The van der Waals surface area contributed by atoms with E-state index in [9.17, 15) is 14.4 Å². The molecule has 0 radical (unpaired) electrons. The van der Waals surface area contributed by atoms with Crippen molar-refractivity contribution in [3.8, 4) is 0 Å². The van der Waals surface area contributed by atoms with Crippen molar-refractivity contribution in [3.05, 3.63) is 0 Å². The molecule has 0 fully saturated rings. The zero-order chi connectivity index (χ0) is 13.6. The zero-order valence-electron chi connectivity index (χ0n) is 10.4. The SMILES string of the molecule is CC(=O)NC[C@@H](NC(=O)OC(C)(C)C)C(=O)O. The van der Waals surface area contributed by atoms with Gasteiger partial charge in [-0.1, -0.05) is 0 Å². The van der Waals surface area contributed by atoms with E-state index in [1.54, 1.807) is 20.8 Å². The number of hydrogen-bond acceptors (Lipinski definition) is 4. The molecule has 0 aromatic rings. The van der Waals surface area contributed by atoms with E-state index in [1.165, 1.54) is 6.92 Å². The van der Waals surface area contributed by atoms with E-state index in [1.807, 2.05) is 0 Å². The van der Waals surface area contributed by atoms with Crippen molar-refractivity contribution in [2.24, 2.45) is 0 Å². The number of ether oxygens (including phenoxy) is 1. The number of carbonyl (C=O) groups excluding carboxylic acids is 2. The van der Waals surface area contributed by atoms with Gasteiger partial charge in [0.15, 0.2) is 0 Å². The Kier molecular flexibility index (Phi) is 5.43. The minimum absolute atomic E-state index is 0.191. The largest absolute Gasteiger partial charge is 0.480 e. The fraction of sp³-hybridized carbons (Fsp3) is 0.700. The zero-order valence-corrected chi connectivity index (χ0v) is 10.4. The predicted octanol–water partition coefficient (Wildman–Crippen LogP) is 0.100. The molecule has 0 aliphatic rings. The van der Waals surface area contributed by atoms with E-state index in [2.05, 4.69) is 10.6 Å². The molecule has 0 rings (SSSR count). The number of carboxylic acids is 1. The summed E-state index contributed by atoms with van der Waals surface area (Å²) in [5.74, 6) is -1.62.